The van der Waals surface area contributed by atoms with Crippen molar-refractivity contribution in [1.82, 2.24) is 10.4 Å². The van der Waals surface area contributed by atoms with Crippen LogP contribution in [0.4, 0.5) is 10.5 Å². The van der Waals surface area contributed by atoms with Crippen LogP contribution in [-0.2, 0) is 0 Å². The van der Waals surface area contributed by atoms with Crippen molar-refractivity contribution in [2.24, 2.45) is 0 Å². The summed E-state index contributed by atoms with van der Waals surface area (Å²) in [5, 5.41) is 5.60. The highest BCUT2D eigenvalue weighted by Crippen LogP contribution is 2.24. The number of nitrogens with zero attached hydrogens (tertiary/aromatic N) is 1. The van der Waals surface area contributed by atoms with Crippen molar-refractivity contribution in [3.05, 3.63) is 28.2 Å². The van der Waals surface area contributed by atoms with Crippen LogP contribution in [0.2, 0.25) is 10.0 Å². The largest absolute Gasteiger partial charge is 0.333 e. The maximum absolute atomic E-state index is 11.8. The molecule has 0 atom stereocenters. The Bertz CT molecular complexity index is 446. The number of hydrazine groups is 1. The summed E-state index contributed by atoms with van der Waals surface area (Å²) in [6.07, 6.45) is 4.69. The van der Waals surface area contributed by atoms with Crippen LogP contribution in [-0.4, -0.2) is 24.1 Å². The van der Waals surface area contributed by atoms with Gasteiger partial charge in [0.25, 0.3) is 0 Å². The zero-order valence-corrected chi connectivity index (χ0v) is 12.1. The number of benzene rings is 1. The van der Waals surface area contributed by atoms with Crippen LogP contribution in [0.25, 0.3) is 0 Å². The third-order valence-electron chi connectivity index (χ3n) is 3.04. The lowest BCUT2D eigenvalue weighted by atomic mass is 10.2. The van der Waals surface area contributed by atoms with E-state index in [1.54, 1.807) is 18.2 Å². The molecule has 2 rings (SSSR count). The Morgan fingerprint density at radius 1 is 1.05 bits per heavy atom. The van der Waals surface area contributed by atoms with Gasteiger partial charge < -0.3 is 5.32 Å². The minimum Gasteiger partial charge on any atom is -0.307 e. The van der Waals surface area contributed by atoms with Gasteiger partial charge in [-0.05, 0) is 31.0 Å². The van der Waals surface area contributed by atoms with E-state index in [2.05, 4.69) is 10.7 Å². The van der Waals surface area contributed by atoms with Gasteiger partial charge in [0.05, 0.1) is 10.0 Å². The van der Waals surface area contributed by atoms with Gasteiger partial charge in [0.1, 0.15) is 0 Å². The summed E-state index contributed by atoms with van der Waals surface area (Å²) in [5.41, 5.74) is 3.48. The number of amides is 2. The number of carbonyl (C=O) groups excluding carboxylic acids is 1. The smallest absolute Gasteiger partial charge is 0.307 e. The van der Waals surface area contributed by atoms with E-state index in [1.807, 2.05) is 5.01 Å². The van der Waals surface area contributed by atoms with Crippen molar-refractivity contribution in [3.63, 3.8) is 0 Å². The molecule has 0 aromatic heterocycles. The molecule has 1 saturated heterocycles. The van der Waals surface area contributed by atoms with Crippen molar-refractivity contribution < 1.29 is 4.79 Å². The first-order chi connectivity index (χ1) is 9.15. The molecule has 1 aliphatic rings. The van der Waals surface area contributed by atoms with Crippen LogP contribution in [0.1, 0.15) is 25.7 Å². The third-order valence-corrected chi connectivity index (χ3v) is 3.78. The fourth-order valence-electron chi connectivity index (χ4n) is 2.06. The molecule has 2 amide bonds. The topological polar surface area (TPSA) is 44.4 Å². The summed E-state index contributed by atoms with van der Waals surface area (Å²) in [6, 6.07) is 4.76. The first-order valence-electron chi connectivity index (χ1n) is 6.43. The molecule has 104 valence electrons. The summed E-state index contributed by atoms with van der Waals surface area (Å²) in [6.45, 7) is 1.80. The van der Waals surface area contributed by atoms with Crippen molar-refractivity contribution >= 4 is 34.9 Å². The van der Waals surface area contributed by atoms with E-state index >= 15 is 0 Å². The van der Waals surface area contributed by atoms with Gasteiger partial charge in [0.2, 0.25) is 0 Å². The van der Waals surface area contributed by atoms with E-state index in [0.29, 0.717) is 15.7 Å². The van der Waals surface area contributed by atoms with Crippen LogP contribution < -0.4 is 10.7 Å². The third kappa shape index (κ3) is 4.56. The number of carbonyl (C=O) groups is 1. The van der Waals surface area contributed by atoms with Gasteiger partial charge in [-0.1, -0.05) is 36.0 Å². The highest BCUT2D eigenvalue weighted by Gasteiger charge is 2.12. The Balaban J connectivity index is 1.87. The molecule has 0 bridgehead atoms. The van der Waals surface area contributed by atoms with Crippen LogP contribution >= 0.6 is 23.2 Å². The van der Waals surface area contributed by atoms with E-state index in [1.165, 1.54) is 12.8 Å². The maximum Gasteiger partial charge on any atom is 0.333 e. The molecule has 19 heavy (non-hydrogen) atoms. The van der Waals surface area contributed by atoms with Crippen molar-refractivity contribution in [2.75, 3.05) is 18.4 Å². The molecule has 0 aliphatic carbocycles. The Hall–Kier alpha value is -0.970. The fraction of sp³-hybridized carbons (Fsp3) is 0.462. The highest BCUT2D eigenvalue weighted by atomic mass is 35.5. The number of anilines is 1. The lowest BCUT2D eigenvalue weighted by Gasteiger charge is -2.21. The molecule has 4 nitrogen and oxygen atoms in total. The van der Waals surface area contributed by atoms with Crippen LogP contribution in [0.3, 0.4) is 0 Å². The Labute approximate surface area is 123 Å². The fourth-order valence-corrected chi connectivity index (χ4v) is 2.36. The van der Waals surface area contributed by atoms with Crippen LogP contribution in [0.5, 0.6) is 0 Å². The average Bonchev–Trinajstić information content (AvgIpc) is 2.62. The van der Waals surface area contributed by atoms with Gasteiger partial charge in [-0.2, -0.15) is 0 Å². The summed E-state index contributed by atoms with van der Waals surface area (Å²) in [7, 11) is 0. The Kier molecular flexibility index (Phi) is 5.31. The molecule has 1 aromatic carbocycles. The summed E-state index contributed by atoms with van der Waals surface area (Å²) < 4.78 is 0. The standard InChI is InChI=1S/C13H17Cl2N3O/c14-11-6-5-10(9-12(11)15)16-13(19)17-18-7-3-1-2-4-8-18/h5-6,9H,1-4,7-8H2,(H2,16,17,19). The number of halogens is 2. The molecule has 1 fully saturated rings. The Morgan fingerprint density at radius 2 is 1.74 bits per heavy atom. The molecular weight excluding hydrogens is 285 g/mol. The normalized spacial score (nSPS) is 16.7. The predicted octanol–water partition coefficient (Wildman–Crippen LogP) is 3.91. The van der Waals surface area contributed by atoms with Crippen molar-refractivity contribution in [2.45, 2.75) is 25.7 Å². The molecule has 1 aromatic rings. The molecule has 1 heterocycles. The van der Waals surface area contributed by atoms with Gasteiger partial charge in [0.15, 0.2) is 0 Å². The average molecular weight is 302 g/mol. The molecule has 0 saturated carbocycles. The van der Waals surface area contributed by atoms with Crippen molar-refractivity contribution in [1.29, 1.82) is 0 Å². The lowest BCUT2D eigenvalue weighted by molar-refractivity contribution is 0.190. The molecule has 2 N–H and O–H groups in total. The van der Waals surface area contributed by atoms with Crippen molar-refractivity contribution in [3.8, 4) is 0 Å². The van der Waals surface area contributed by atoms with E-state index in [-0.39, 0.29) is 6.03 Å². The van der Waals surface area contributed by atoms with E-state index < -0.39 is 0 Å². The maximum atomic E-state index is 11.8. The number of rotatable bonds is 2. The molecule has 6 heteroatoms. The first kappa shape index (κ1) is 14.4. The second-order valence-corrected chi connectivity index (χ2v) is 5.41. The van der Waals surface area contributed by atoms with Crippen LogP contribution in [0, 0.1) is 0 Å². The number of hydrogen-bond acceptors (Lipinski definition) is 2. The zero-order chi connectivity index (χ0) is 13.7. The van der Waals surface area contributed by atoms with Gasteiger partial charge in [-0.25, -0.2) is 9.80 Å². The highest BCUT2D eigenvalue weighted by molar-refractivity contribution is 6.42. The number of hydrogen-bond donors (Lipinski definition) is 2. The minimum atomic E-state index is -0.250. The predicted molar refractivity (Wildman–Crippen MR) is 78.7 cm³/mol. The number of nitrogens with one attached hydrogen (secondary N) is 2. The second kappa shape index (κ2) is 6.98. The van der Waals surface area contributed by atoms with Gasteiger partial charge in [-0.3, -0.25) is 5.43 Å². The lowest BCUT2D eigenvalue weighted by Crippen LogP contribution is -2.44. The quantitative estimate of drug-likeness (QED) is 0.870. The summed E-state index contributed by atoms with van der Waals surface area (Å²) in [5.74, 6) is 0. The Morgan fingerprint density at radius 3 is 2.37 bits per heavy atom. The number of urea groups is 1. The summed E-state index contributed by atoms with van der Waals surface area (Å²) in [4.78, 5) is 11.8. The molecule has 0 unspecified atom stereocenters. The molecule has 0 radical (unpaired) electrons. The molecule has 0 spiro atoms. The molecule has 1 aliphatic heterocycles. The van der Waals surface area contributed by atoms with Crippen LogP contribution in [0.15, 0.2) is 18.2 Å². The minimum absolute atomic E-state index is 0.250. The van der Waals surface area contributed by atoms with E-state index in [9.17, 15) is 4.79 Å². The van der Waals surface area contributed by atoms with Gasteiger partial charge in [-0.15, -0.1) is 0 Å². The SMILES string of the molecule is O=C(Nc1ccc(Cl)c(Cl)c1)NN1CCCCCC1. The van der Waals surface area contributed by atoms with Gasteiger partial charge >= 0.3 is 6.03 Å². The molecular formula is C13H17Cl2N3O. The van der Waals surface area contributed by atoms with Gasteiger partial charge in [0, 0.05) is 18.8 Å². The monoisotopic (exact) mass is 301 g/mol. The second-order valence-electron chi connectivity index (χ2n) is 4.60. The summed E-state index contributed by atoms with van der Waals surface area (Å²) >= 11 is 11.7. The first-order valence-corrected chi connectivity index (χ1v) is 7.18. The van der Waals surface area contributed by atoms with E-state index in [4.69, 9.17) is 23.2 Å². The van der Waals surface area contributed by atoms with E-state index in [0.717, 1.165) is 25.9 Å². The zero-order valence-electron chi connectivity index (χ0n) is 10.6.